The summed E-state index contributed by atoms with van der Waals surface area (Å²) in [5, 5.41) is 0. The number of thiol groups is 1. The highest BCUT2D eigenvalue weighted by Crippen LogP contribution is 2.24. The number of aromatic nitrogens is 1. The van der Waals surface area contributed by atoms with Crippen molar-refractivity contribution in [2.24, 2.45) is 0 Å². The van der Waals surface area contributed by atoms with Gasteiger partial charge in [0.1, 0.15) is 5.52 Å². The van der Waals surface area contributed by atoms with Gasteiger partial charge < -0.3 is 4.42 Å². The van der Waals surface area contributed by atoms with Crippen molar-refractivity contribution in [2.45, 2.75) is 4.90 Å². The van der Waals surface area contributed by atoms with E-state index in [4.69, 9.17) is 4.42 Å². The molecule has 0 atom stereocenters. The molecule has 0 amide bonds. The molecule has 1 aromatic heterocycles. The maximum Gasteiger partial charge on any atom is 0.265 e. The van der Waals surface area contributed by atoms with Crippen LogP contribution in [0.5, 0.6) is 0 Å². The Bertz CT molecular complexity index is 398. The molecule has 0 spiro atoms. The Hall–Kier alpha value is -0.480. The van der Waals surface area contributed by atoms with Gasteiger partial charge in [-0.2, -0.15) is 0 Å². The van der Waals surface area contributed by atoms with Crippen LogP contribution in [0.1, 0.15) is 0 Å². The lowest BCUT2D eigenvalue weighted by molar-refractivity contribution is 0.570. The molecule has 0 saturated heterocycles. The minimum absolute atomic E-state index is 0.494. The van der Waals surface area contributed by atoms with Crippen molar-refractivity contribution in [1.82, 2.24) is 4.98 Å². The number of para-hydroxylation sites is 1. The summed E-state index contributed by atoms with van der Waals surface area (Å²) in [6, 6.07) is 5.61. The standard InChI is InChI=1S/C7H4BrNOS/c8-7-9-6-4(10-7)2-1-3-5(6)11/h1-3,11H. The molecule has 2 nitrogen and oxygen atoms in total. The van der Waals surface area contributed by atoms with Gasteiger partial charge in [0.25, 0.3) is 4.80 Å². The number of hydrogen-bond acceptors (Lipinski definition) is 3. The molecule has 1 aromatic carbocycles. The van der Waals surface area contributed by atoms with Crippen LogP contribution >= 0.6 is 28.6 Å². The first kappa shape index (κ1) is 7.18. The minimum atomic E-state index is 0.494. The zero-order valence-corrected chi connectivity index (χ0v) is 7.89. The summed E-state index contributed by atoms with van der Waals surface area (Å²) in [7, 11) is 0. The topological polar surface area (TPSA) is 26.0 Å². The molecule has 2 rings (SSSR count). The number of oxazole rings is 1. The fourth-order valence-corrected chi connectivity index (χ4v) is 1.50. The van der Waals surface area contributed by atoms with Gasteiger partial charge in [-0.3, -0.25) is 0 Å². The van der Waals surface area contributed by atoms with Crippen molar-refractivity contribution in [3.05, 3.63) is 23.0 Å². The largest absolute Gasteiger partial charge is 0.431 e. The fraction of sp³-hybridized carbons (Fsp3) is 0. The van der Waals surface area contributed by atoms with Gasteiger partial charge >= 0.3 is 0 Å². The van der Waals surface area contributed by atoms with E-state index in [1.807, 2.05) is 18.2 Å². The van der Waals surface area contributed by atoms with Gasteiger partial charge in [0.15, 0.2) is 5.58 Å². The quantitative estimate of drug-likeness (QED) is 0.704. The van der Waals surface area contributed by atoms with E-state index in [1.54, 1.807) is 0 Å². The average Bonchev–Trinajstić information content (AvgIpc) is 2.31. The lowest BCUT2D eigenvalue weighted by atomic mass is 10.3. The number of fused-ring (bicyclic) bond motifs is 1. The second-order valence-corrected chi connectivity index (χ2v) is 3.25. The fourth-order valence-electron chi connectivity index (χ4n) is 0.907. The Morgan fingerprint density at radius 1 is 1.45 bits per heavy atom. The summed E-state index contributed by atoms with van der Waals surface area (Å²) in [4.78, 5) is 5.41. The van der Waals surface area contributed by atoms with Gasteiger partial charge in [-0.15, -0.1) is 12.6 Å². The van der Waals surface area contributed by atoms with Crippen LogP contribution in [0.25, 0.3) is 11.1 Å². The third-order valence-electron chi connectivity index (χ3n) is 1.37. The van der Waals surface area contributed by atoms with Crippen LogP contribution < -0.4 is 0 Å². The molecule has 11 heavy (non-hydrogen) atoms. The maximum atomic E-state index is 5.21. The number of hydrogen-bond donors (Lipinski definition) is 1. The predicted molar refractivity (Wildman–Crippen MR) is 49.0 cm³/mol. The first-order chi connectivity index (χ1) is 5.27. The Kier molecular flexibility index (Phi) is 1.65. The Labute approximate surface area is 77.1 Å². The highest BCUT2D eigenvalue weighted by atomic mass is 79.9. The van der Waals surface area contributed by atoms with Crippen molar-refractivity contribution >= 4 is 39.7 Å². The van der Waals surface area contributed by atoms with Gasteiger partial charge in [0.05, 0.1) is 0 Å². The highest BCUT2D eigenvalue weighted by molar-refractivity contribution is 9.10. The van der Waals surface area contributed by atoms with Crippen LogP contribution in [-0.4, -0.2) is 4.98 Å². The molecule has 4 heteroatoms. The molecule has 0 aliphatic heterocycles. The molecule has 2 aromatic rings. The summed E-state index contributed by atoms with van der Waals surface area (Å²) >= 11 is 7.37. The van der Waals surface area contributed by atoms with Gasteiger partial charge in [0, 0.05) is 20.8 Å². The average molecular weight is 230 g/mol. The molecule has 0 unspecified atom stereocenters. The van der Waals surface area contributed by atoms with E-state index < -0.39 is 0 Å². The molecular formula is C7H4BrNOS. The van der Waals surface area contributed by atoms with E-state index in [0.29, 0.717) is 4.80 Å². The van der Waals surface area contributed by atoms with Gasteiger partial charge in [0.2, 0.25) is 0 Å². The summed E-state index contributed by atoms with van der Waals surface area (Å²) in [5.74, 6) is 0. The zero-order valence-electron chi connectivity index (χ0n) is 5.41. The molecule has 0 aliphatic carbocycles. The van der Waals surface area contributed by atoms with Crippen molar-refractivity contribution < 1.29 is 4.42 Å². The van der Waals surface area contributed by atoms with E-state index in [2.05, 4.69) is 33.5 Å². The first-order valence-corrected chi connectivity index (χ1v) is 4.25. The number of rotatable bonds is 0. The molecule has 0 aliphatic rings. The van der Waals surface area contributed by atoms with Crippen LogP contribution in [0.15, 0.2) is 32.3 Å². The van der Waals surface area contributed by atoms with E-state index in [9.17, 15) is 0 Å². The lowest BCUT2D eigenvalue weighted by Crippen LogP contribution is -1.69. The van der Waals surface area contributed by atoms with Gasteiger partial charge in [-0.1, -0.05) is 6.07 Å². The minimum Gasteiger partial charge on any atom is -0.431 e. The van der Waals surface area contributed by atoms with E-state index in [-0.39, 0.29) is 0 Å². The Morgan fingerprint density at radius 3 is 3.00 bits per heavy atom. The number of halogens is 1. The van der Waals surface area contributed by atoms with E-state index in [0.717, 1.165) is 16.0 Å². The summed E-state index contributed by atoms with van der Waals surface area (Å²) in [6.45, 7) is 0. The molecular weight excluding hydrogens is 226 g/mol. The Morgan fingerprint density at radius 2 is 2.27 bits per heavy atom. The number of nitrogens with zero attached hydrogens (tertiary/aromatic N) is 1. The predicted octanol–water partition coefficient (Wildman–Crippen LogP) is 2.88. The molecule has 0 N–H and O–H groups in total. The molecule has 56 valence electrons. The second-order valence-electron chi connectivity index (χ2n) is 2.09. The summed E-state index contributed by atoms with van der Waals surface area (Å²) in [6.07, 6.45) is 0. The van der Waals surface area contributed by atoms with Crippen molar-refractivity contribution in [3.63, 3.8) is 0 Å². The second kappa shape index (κ2) is 2.53. The normalized spacial score (nSPS) is 10.7. The lowest BCUT2D eigenvalue weighted by Gasteiger charge is -1.87. The molecule has 0 fully saturated rings. The maximum absolute atomic E-state index is 5.21. The SMILES string of the molecule is Sc1cccc2oc(Br)nc12. The van der Waals surface area contributed by atoms with Crippen LogP contribution in [0.2, 0.25) is 0 Å². The summed E-state index contributed by atoms with van der Waals surface area (Å²) < 4.78 is 5.21. The van der Waals surface area contributed by atoms with E-state index >= 15 is 0 Å². The highest BCUT2D eigenvalue weighted by Gasteiger charge is 2.03. The van der Waals surface area contributed by atoms with Crippen molar-refractivity contribution in [1.29, 1.82) is 0 Å². The van der Waals surface area contributed by atoms with Crippen LogP contribution in [0, 0.1) is 0 Å². The molecule has 1 heterocycles. The van der Waals surface area contributed by atoms with E-state index in [1.165, 1.54) is 0 Å². The van der Waals surface area contributed by atoms with Gasteiger partial charge in [-0.05, 0) is 12.1 Å². The zero-order chi connectivity index (χ0) is 7.84. The van der Waals surface area contributed by atoms with Crippen LogP contribution in [0.3, 0.4) is 0 Å². The molecule has 0 radical (unpaired) electrons. The first-order valence-electron chi connectivity index (χ1n) is 3.01. The molecule has 0 bridgehead atoms. The molecule has 0 saturated carbocycles. The monoisotopic (exact) mass is 229 g/mol. The van der Waals surface area contributed by atoms with Crippen LogP contribution in [0.4, 0.5) is 0 Å². The van der Waals surface area contributed by atoms with Crippen LogP contribution in [-0.2, 0) is 0 Å². The third-order valence-corrected chi connectivity index (χ3v) is 2.07. The van der Waals surface area contributed by atoms with Crippen molar-refractivity contribution in [2.75, 3.05) is 0 Å². The Balaban J connectivity index is 2.90. The number of benzene rings is 1. The van der Waals surface area contributed by atoms with Crippen molar-refractivity contribution in [3.8, 4) is 0 Å². The smallest absolute Gasteiger partial charge is 0.265 e. The summed E-state index contributed by atoms with van der Waals surface area (Å²) in [5.41, 5.74) is 1.55. The van der Waals surface area contributed by atoms with Gasteiger partial charge in [-0.25, -0.2) is 4.98 Å². The third kappa shape index (κ3) is 1.16.